The maximum absolute atomic E-state index is 12.3. The van der Waals surface area contributed by atoms with Gasteiger partial charge in [0.05, 0.1) is 58.9 Å². The van der Waals surface area contributed by atoms with Gasteiger partial charge in [-0.15, -0.1) is 0 Å². The van der Waals surface area contributed by atoms with Crippen LogP contribution in [-0.2, 0) is 38.2 Å². The summed E-state index contributed by atoms with van der Waals surface area (Å²) in [7, 11) is 0. The maximum atomic E-state index is 12.3. The molecule has 0 rings (SSSR count). The van der Waals surface area contributed by atoms with Gasteiger partial charge in [0.2, 0.25) is 5.91 Å². The molecule has 0 aliphatic carbocycles. The van der Waals surface area contributed by atoms with Crippen molar-refractivity contribution in [1.82, 2.24) is 5.32 Å². The van der Waals surface area contributed by atoms with Gasteiger partial charge in [0, 0.05) is 12.8 Å². The van der Waals surface area contributed by atoms with Crippen molar-refractivity contribution in [3.05, 3.63) is 0 Å². The molecule has 0 saturated heterocycles. The summed E-state index contributed by atoms with van der Waals surface area (Å²) in [6, 6.07) is 0. The molecule has 0 saturated carbocycles. The van der Waals surface area contributed by atoms with E-state index in [9.17, 15) is 24.0 Å². The first kappa shape index (κ1) is 27.4. The Morgan fingerprint density at radius 2 is 1.13 bits per heavy atom. The van der Waals surface area contributed by atoms with E-state index in [4.69, 9.17) is 29.5 Å². The molecule has 172 valence electrons. The molecule has 0 unspecified atom stereocenters. The molecule has 0 atom stereocenters. The number of amides is 1. The molecule has 12 heteroatoms. The molecule has 0 spiro atoms. The number of rotatable bonds is 20. The second-order valence-corrected chi connectivity index (χ2v) is 6.48. The summed E-state index contributed by atoms with van der Waals surface area (Å²) in [4.78, 5) is 54.7. The van der Waals surface area contributed by atoms with Crippen LogP contribution in [0.4, 0.5) is 0 Å². The normalized spacial score (nSPS) is 11.1. The third kappa shape index (κ3) is 15.4. The minimum absolute atomic E-state index is 0.0276. The van der Waals surface area contributed by atoms with E-state index >= 15 is 0 Å². The zero-order valence-electron chi connectivity index (χ0n) is 16.7. The summed E-state index contributed by atoms with van der Waals surface area (Å²) < 4.78 is 16.0. The van der Waals surface area contributed by atoms with E-state index in [0.717, 1.165) is 0 Å². The van der Waals surface area contributed by atoms with E-state index in [2.05, 4.69) is 5.32 Å². The van der Waals surface area contributed by atoms with Crippen molar-refractivity contribution in [2.75, 3.05) is 39.6 Å². The quantitative estimate of drug-likeness (QED) is 0.145. The van der Waals surface area contributed by atoms with Crippen LogP contribution in [-0.4, -0.2) is 90.6 Å². The third-order valence-corrected chi connectivity index (χ3v) is 3.65. The minimum atomic E-state index is -1.30. The number of carboxylic acids is 3. The molecule has 4 N–H and O–H groups in total. The molecular weight excluding hydrogens is 406 g/mol. The fourth-order valence-corrected chi connectivity index (χ4v) is 2.22. The summed E-state index contributed by atoms with van der Waals surface area (Å²) in [6.45, 7) is -1.08. The summed E-state index contributed by atoms with van der Waals surface area (Å²) in [5.74, 6) is -3.67. The van der Waals surface area contributed by atoms with Gasteiger partial charge in [-0.3, -0.25) is 19.2 Å². The first-order chi connectivity index (χ1) is 14.2. The molecule has 0 aliphatic heterocycles. The summed E-state index contributed by atoms with van der Waals surface area (Å²) in [6.07, 6.45) is 0.388. The molecule has 0 bridgehead atoms. The molecule has 0 fully saturated rings. The van der Waals surface area contributed by atoms with Crippen molar-refractivity contribution < 1.29 is 53.5 Å². The standard InChI is InChI=1S/C18H29NO11/c20-7-2-1-3-14(21)19-18(11-28-8-4-15(22)23,12-29-9-5-16(24)25)13-30-10-6-17(26)27/h7H,1-6,8-13H2,(H,19,21)(H,22,23)(H,24,25)(H,26,27). The van der Waals surface area contributed by atoms with Gasteiger partial charge in [0.1, 0.15) is 11.8 Å². The van der Waals surface area contributed by atoms with Crippen molar-refractivity contribution in [3.63, 3.8) is 0 Å². The zero-order chi connectivity index (χ0) is 22.8. The molecule has 0 radical (unpaired) electrons. The SMILES string of the molecule is O=CCCCC(=O)NC(COCCC(=O)O)(COCCC(=O)O)COCCC(=O)O. The number of carbonyl (C=O) groups excluding carboxylic acids is 2. The van der Waals surface area contributed by atoms with Crippen LogP contribution in [0.2, 0.25) is 0 Å². The first-order valence-corrected chi connectivity index (χ1v) is 9.34. The minimum Gasteiger partial charge on any atom is -0.481 e. The van der Waals surface area contributed by atoms with E-state index in [1.807, 2.05) is 0 Å². The molecule has 0 aliphatic rings. The lowest BCUT2D eigenvalue weighted by molar-refractivity contribution is -0.140. The number of hydrogen-bond acceptors (Lipinski definition) is 8. The first-order valence-electron chi connectivity index (χ1n) is 9.34. The van der Waals surface area contributed by atoms with Crippen LogP contribution in [0.25, 0.3) is 0 Å². The van der Waals surface area contributed by atoms with Crippen molar-refractivity contribution in [3.8, 4) is 0 Å². The lowest BCUT2D eigenvalue weighted by atomic mass is 10.0. The average Bonchev–Trinajstić information content (AvgIpc) is 2.65. The van der Waals surface area contributed by atoms with Gasteiger partial charge in [0.15, 0.2) is 0 Å². The number of unbranched alkanes of at least 4 members (excludes halogenated alkanes) is 1. The van der Waals surface area contributed by atoms with E-state index in [-0.39, 0.29) is 71.7 Å². The van der Waals surface area contributed by atoms with E-state index in [1.165, 1.54) is 0 Å². The molecule has 0 heterocycles. The van der Waals surface area contributed by atoms with Crippen molar-refractivity contribution in [2.24, 2.45) is 0 Å². The predicted molar refractivity (Wildman–Crippen MR) is 100 cm³/mol. The number of aldehydes is 1. The Balaban J connectivity index is 5.13. The Hall–Kier alpha value is -2.57. The topological polar surface area (TPSA) is 186 Å². The van der Waals surface area contributed by atoms with Gasteiger partial charge in [-0.2, -0.15) is 0 Å². The summed E-state index contributed by atoms with van der Waals surface area (Å²) in [5.41, 5.74) is -1.30. The third-order valence-electron chi connectivity index (χ3n) is 3.65. The second kappa shape index (κ2) is 16.3. The molecule has 12 nitrogen and oxygen atoms in total. The molecule has 0 aromatic rings. The molecule has 1 amide bonds. The fourth-order valence-electron chi connectivity index (χ4n) is 2.22. The smallest absolute Gasteiger partial charge is 0.305 e. The summed E-state index contributed by atoms with van der Waals surface area (Å²) >= 11 is 0. The number of carbonyl (C=O) groups is 5. The second-order valence-electron chi connectivity index (χ2n) is 6.48. The molecular formula is C18H29NO11. The monoisotopic (exact) mass is 435 g/mol. The number of hydrogen-bond donors (Lipinski definition) is 4. The van der Waals surface area contributed by atoms with Gasteiger partial charge in [-0.25, -0.2) is 0 Å². The molecule has 30 heavy (non-hydrogen) atoms. The highest BCUT2D eigenvalue weighted by atomic mass is 16.5. The van der Waals surface area contributed by atoms with Crippen LogP contribution in [0.15, 0.2) is 0 Å². The number of carboxylic acid groups (broad SMARTS) is 3. The van der Waals surface area contributed by atoms with E-state index in [1.54, 1.807) is 0 Å². The fraction of sp³-hybridized carbons (Fsp3) is 0.722. The Kier molecular flexibility index (Phi) is 14.9. The lowest BCUT2D eigenvalue weighted by Crippen LogP contribution is -2.58. The van der Waals surface area contributed by atoms with Crippen LogP contribution in [0.1, 0.15) is 38.5 Å². The highest BCUT2D eigenvalue weighted by Crippen LogP contribution is 2.11. The Labute approximate surface area is 173 Å². The Morgan fingerprint density at radius 1 is 0.733 bits per heavy atom. The van der Waals surface area contributed by atoms with Gasteiger partial charge < -0.3 is 39.6 Å². The average molecular weight is 435 g/mol. The van der Waals surface area contributed by atoms with Gasteiger partial charge in [-0.1, -0.05) is 0 Å². The van der Waals surface area contributed by atoms with Crippen LogP contribution in [0.3, 0.4) is 0 Å². The van der Waals surface area contributed by atoms with Gasteiger partial charge >= 0.3 is 17.9 Å². The van der Waals surface area contributed by atoms with E-state index < -0.39 is 29.4 Å². The largest absolute Gasteiger partial charge is 0.481 e. The van der Waals surface area contributed by atoms with Crippen molar-refractivity contribution >= 4 is 30.1 Å². The molecule has 0 aromatic heterocycles. The lowest BCUT2D eigenvalue weighted by Gasteiger charge is -2.34. The van der Waals surface area contributed by atoms with Crippen molar-refractivity contribution in [2.45, 2.75) is 44.1 Å². The molecule has 0 aromatic carbocycles. The van der Waals surface area contributed by atoms with Crippen LogP contribution in [0.5, 0.6) is 0 Å². The summed E-state index contributed by atoms with van der Waals surface area (Å²) in [5, 5.41) is 28.8. The maximum Gasteiger partial charge on any atom is 0.305 e. The zero-order valence-corrected chi connectivity index (χ0v) is 16.7. The van der Waals surface area contributed by atoms with Crippen LogP contribution < -0.4 is 5.32 Å². The number of ether oxygens (including phenoxy) is 3. The van der Waals surface area contributed by atoms with Gasteiger partial charge in [0.25, 0.3) is 0 Å². The predicted octanol–water partition coefficient (Wildman–Crippen LogP) is -0.315. The Morgan fingerprint density at radius 3 is 1.47 bits per heavy atom. The highest BCUT2D eigenvalue weighted by Gasteiger charge is 2.33. The van der Waals surface area contributed by atoms with Gasteiger partial charge in [-0.05, 0) is 6.42 Å². The Bertz CT molecular complexity index is 509. The van der Waals surface area contributed by atoms with E-state index in [0.29, 0.717) is 12.7 Å². The van der Waals surface area contributed by atoms with Crippen LogP contribution in [0, 0.1) is 0 Å². The van der Waals surface area contributed by atoms with Crippen LogP contribution >= 0.6 is 0 Å². The number of aliphatic carboxylic acids is 3. The highest BCUT2D eigenvalue weighted by molar-refractivity contribution is 5.77. The van der Waals surface area contributed by atoms with Crippen molar-refractivity contribution in [1.29, 1.82) is 0 Å². The number of nitrogens with one attached hydrogen (secondary N) is 1.